The van der Waals surface area contributed by atoms with Gasteiger partial charge in [-0.1, -0.05) is 0 Å². The summed E-state index contributed by atoms with van der Waals surface area (Å²) in [4.78, 5) is 22.3. The van der Waals surface area contributed by atoms with Crippen molar-refractivity contribution in [2.45, 2.75) is 20.8 Å². The molecule has 0 radical (unpaired) electrons. The first-order chi connectivity index (χ1) is 11.5. The number of carbonyl (C=O) groups is 1. The van der Waals surface area contributed by atoms with Gasteiger partial charge in [0.2, 0.25) is 0 Å². The van der Waals surface area contributed by atoms with Crippen molar-refractivity contribution in [3.63, 3.8) is 0 Å². The monoisotopic (exact) mass is 343 g/mol. The van der Waals surface area contributed by atoms with E-state index in [0.29, 0.717) is 23.1 Å². The first-order valence-corrected chi connectivity index (χ1v) is 8.32. The molecule has 0 aliphatic heterocycles. The van der Waals surface area contributed by atoms with E-state index in [1.165, 1.54) is 11.3 Å². The van der Waals surface area contributed by atoms with Crippen molar-refractivity contribution in [3.8, 4) is 5.75 Å². The number of ether oxygens (including phenoxy) is 1. The summed E-state index contributed by atoms with van der Waals surface area (Å²) in [6, 6.07) is 6.70. The number of aromatic hydroxyl groups is 1. The van der Waals surface area contributed by atoms with Crippen LogP contribution in [0.3, 0.4) is 0 Å². The number of hydrogen-bond acceptors (Lipinski definition) is 7. The maximum Gasteiger partial charge on any atom is 0.348 e. The summed E-state index contributed by atoms with van der Waals surface area (Å²) in [6.45, 7) is 5.78. The van der Waals surface area contributed by atoms with Crippen LogP contribution in [-0.2, 0) is 4.74 Å². The summed E-state index contributed by atoms with van der Waals surface area (Å²) in [7, 11) is 0. The van der Waals surface area contributed by atoms with E-state index in [9.17, 15) is 9.90 Å². The molecule has 7 heteroatoms. The second-order valence-corrected chi connectivity index (χ2v) is 6.25. The molecule has 0 bridgehead atoms. The molecule has 2 aromatic heterocycles. The number of phenols is 1. The van der Waals surface area contributed by atoms with E-state index >= 15 is 0 Å². The summed E-state index contributed by atoms with van der Waals surface area (Å²) in [5, 5.41) is 13.4. The zero-order valence-corrected chi connectivity index (χ0v) is 14.4. The third-order valence-electron chi connectivity index (χ3n) is 3.49. The number of anilines is 2. The topological polar surface area (TPSA) is 84.3 Å². The number of hydrogen-bond donors (Lipinski definition) is 2. The Balaban J connectivity index is 2.09. The van der Waals surface area contributed by atoms with Gasteiger partial charge in [-0.2, -0.15) is 0 Å². The Kier molecular flexibility index (Phi) is 4.35. The van der Waals surface area contributed by atoms with Crippen LogP contribution in [0.25, 0.3) is 10.2 Å². The van der Waals surface area contributed by atoms with Gasteiger partial charge >= 0.3 is 5.97 Å². The molecule has 0 amide bonds. The second-order valence-electron chi connectivity index (χ2n) is 5.25. The fraction of sp³-hybridized carbons (Fsp3) is 0.235. The van der Waals surface area contributed by atoms with E-state index in [1.54, 1.807) is 38.1 Å². The van der Waals surface area contributed by atoms with E-state index < -0.39 is 0 Å². The molecule has 0 saturated heterocycles. The summed E-state index contributed by atoms with van der Waals surface area (Å²) >= 11 is 1.31. The average molecular weight is 343 g/mol. The van der Waals surface area contributed by atoms with Gasteiger partial charge in [0, 0.05) is 5.69 Å². The van der Waals surface area contributed by atoms with Gasteiger partial charge in [0.15, 0.2) is 0 Å². The minimum Gasteiger partial charge on any atom is -0.508 e. The number of esters is 1. The van der Waals surface area contributed by atoms with Crippen LogP contribution in [0.4, 0.5) is 11.5 Å². The number of rotatable bonds is 4. The Bertz CT molecular complexity index is 904. The van der Waals surface area contributed by atoms with E-state index in [4.69, 9.17) is 4.74 Å². The molecule has 0 unspecified atom stereocenters. The maximum atomic E-state index is 12.1. The summed E-state index contributed by atoms with van der Waals surface area (Å²) in [5.41, 5.74) is 1.59. The lowest BCUT2D eigenvalue weighted by atomic mass is 10.2. The Hall–Kier alpha value is -2.67. The number of phenolic OH excluding ortho intramolecular Hbond substituents is 1. The highest BCUT2D eigenvalue weighted by atomic mass is 32.1. The van der Waals surface area contributed by atoms with Crippen LogP contribution in [0.2, 0.25) is 0 Å². The van der Waals surface area contributed by atoms with Crippen molar-refractivity contribution in [2.24, 2.45) is 0 Å². The van der Waals surface area contributed by atoms with Gasteiger partial charge in [-0.05, 0) is 50.6 Å². The lowest BCUT2D eigenvalue weighted by molar-refractivity contribution is 0.0531. The van der Waals surface area contributed by atoms with Gasteiger partial charge in [0.25, 0.3) is 0 Å². The van der Waals surface area contributed by atoms with Crippen LogP contribution in [-0.4, -0.2) is 27.7 Å². The lowest BCUT2D eigenvalue weighted by Gasteiger charge is -2.08. The number of carbonyl (C=O) groups excluding carboxylic acids is 1. The third kappa shape index (κ3) is 3.03. The molecule has 3 rings (SSSR count). The van der Waals surface area contributed by atoms with Gasteiger partial charge in [-0.3, -0.25) is 0 Å². The smallest absolute Gasteiger partial charge is 0.348 e. The fourth-order valence-corrected chi connectivity index (χ4v) is 3.53. The molecule has 0 spiro atoms. The predicted molar refractivity (Wildman–Crippen MR) is 94.2 cm³/mol. The molecular weight excluding hydrogens is 326 g/mol. The number of nitrogens with zero attached hydrogens (tertiary/aromatic N) is 2. The normalized spacial score (nSPS) is 10.8. The van der Waals surface area contributed by atoms with Crippen LogP contribution in [0.5, 0.6) is 5.75 Å². The molecule has 0 aliphatic rings. The lowest BCUT2D eigenvalue weighted by Crippen LogP contribution is -2.03. The molecule has 0 fully saturated rings. The SMILES string of the molecule is CCOC(=O)c1sc2nc(C)nc(Nc3ccc(O)cc3)c2c1C. The Morgan fingerprint density at radius 1 is 1.25 bits per heavy atom. The number of nitrogens with one attached hydrogen (secondary N) is 1. The van der Waals surface area contributed by atoms with Crippen molar-refractivity contribution in [1.82, 2.24) is 9.97 Å². The predicted octanol–water partition coefficient (Wildman–Crippen LogP) is 3.93. The molecule has 6 nitrogen and oxygen atoms in total. The fourth-order valence-electron chi connectivity index (χ4n) is 2.41. The second kappa shape index (κ2) is 6.45. The Morgan fingerprint density at radius 2 is 1.96 bits per heavy atom. The van der Waals surface area contributed by atoms with E-state index in [2.05, 4.69) is 15.3 Å². The van der Waals surface area contributed by atoms with Gasteiger partial charge in [-0.25, -0.2) is 14.8 Å². The highest BCUT2D eigenvalue weighted by Gasteiger charge is 2.21. The number of benzene rings is 1. The third-order valence-corrected chi connectivity index (χ3v) is 4.66. The molecule has 24 heavy (non-hydrogen) atoms. The van der Waals surface area contributed by atoms with Crippen LogP contribution in [0.15, 0.2) is 24.3 Å². The van der Waals surface area contributed by atoms with Gasteiger partial charge in [0.05, 0.1) is 12.0 Å². The highest BCUT2D eigenvalue weighted by molar-refractivity contribution is 7.20. The zero-order chi connectivity index (χ0) is 17.3. The summed E-state index contributed by atoms with van der Waals surface area (Å²) in [5.74, 6) is 1.10. The van der Waals surface area contributed by atoms with Crippen LogP contribution >= 0.6 is 11.3 Å². The first-order valence-electron chi connectivity index (χ1n) is 7.50. The molecule has 0 atom stereocenters. The molecule has 3 aromatic rings. The molecule has 0 aliphatic carbocycles. The molecule has 124 valence electrons. The molecule has 2 heterocycles. The quantitative estimate of drug-likeness (QED) is 0.551. The summed E-state index contributed by atoms with van der Waals surface area (Å²) < 4.78 is 5.11. The average Bonchev–Trinajstić information content (AvgIpc) is 2.86. The molecule has 0 saturated carbocycles. The van der Waals surface area contributed by atoms with Crippen molar-refractivity contribution < 1.29 is 14.6 Å². The number of aryl methyl sites for hydroxylation is 2. The van der Waals surface area contributed by atoms with Crippen LogP contribution < -0.4 is 5.32 Å². The first kappa shape index (κ1) is 16.2. The van der Waals surface area contributed by atoms with Crippen molar-refractivity contribution in [3.05, 3.63) is 40.5 Å². The van der Waals surface area contributed by atoms with Gasteiger partial charge < -0.3 is 15.2 Å². The number of thiophene rings is 1. The Morgan fingerprint density at radius 3 is 2.62 bits per heavy atom. The van der Waals surface area contributed by atoms with Gasteiger partial charge in [-0.15, -0.1) is 11.3 Å². The van der Waals surface area contributed by atoms with Crippen molar-refractivity contribution >= 4 is 39.0 Å². The summed E-state index contributed by atoms with van der Waals surface area (Å²) in [6.07, 6.45) is 0. The maximum absolute atomic E-state index is 12.1. The Labute approximate surface area is 143 Å². The number of fused-ring (bicyclic) bond motifs is 1. The van der Waals surface area contributed by atoms with Gasteiger partial charge in [0.1, 0.15) is 27.1 Å². The van der Waals surface area contributed by atoms with Crippen molar-refractivity contribution in [2.75, 3.05) is 11.9 Å². The molecular formula is C17H17N3O3S. The zero-order valence-electron chi connectivity index (χ0n) is 13.6. The largest absolute Gasteiger partial charge is 0.508 e. The van der Waals surface area contributed by atoms with E-state index in [1.807, 2.05) is 6.92 Å². The van der Waals surface area contributed by atoms with Crippen LogP contribution in [0, 0.1) is 13.8 Å². The van der Waals surface area contributed by atoms with Crippen LogP contribution in [0.1, 0.15) is 28.0 Å². The van der Waals surface area contributed by atoms with E-state index in [-0.39, 0.29) is 11.7 Å². The van der Waals surface area contributed by atoms with Crippen molar-refractivity contribution in [1.29, 1.82) is 0 Å². The minimum absolute atomic E-state index is 0.195. The minimum atomic E-state index is -0.341. The highest BCUT2D eigenvalue weighted by Crippen LogP contribution is 2.35. The molecule has 1 aromatic carbocycles. The molecule has 2 N–H and O–H groups in total. The van der Waals surface area contributed by atoms with E-state index in [0.717, 1.165) is 21.5 Å². The number of aromatic nitrogens is 2. The standard InChI is InChI=1S/C17H17N3O3S/c1-4-23-17(22)14-9(2)13-15(18-10(3)19-16(13)24-14)20-11-5-7-12(21)8-6-11/h5-8,21H,4H2,1-3H3,(H,18,19,20).